The standard InChI is InChI=1S/C20H23NO4.ClH/c1-3-8-20-16(22)7-5-13-14-11-12-4-6-15(25-23)18(24-20)17(12)19(13,20)9-10-21(14)2;/h3-7,13-14,16,22-23H,1,8-11H2,2H3;1H/t13-,14+,16-,19-,20-;/m0./s1. The fourth-order valence-electron chi connectivity index (χ4n) is 6.06. The van der Waals surface area contributed by atoms with Crippen LogP contribution >= 0.6 is 12.4 Å². The zero-order chi connectivity index (χ0) is 17.4. The van der Waals surface area contributed by atoms with E-state index in [-0.39, 0.29) is 23.7 Å². The Kier molecular flexibility index (Phi) is 3.94. The normalized spacial score (nSPS) is 38.8. The number of ether oxygens (including phenoxy) is 1. The van der Waals surface area contributed by atoms with Gasteiger partial charge in [-0.3, -0.25) is 0 Å². The molecule has 1 aromatic rings. The van der Waals surface area contributed by atoms with Crippen LogP contribution in [0.2, 0.25) is 0 Å². The molecule has 2 N–H and O–H groups in total. The van der Waals surface area contributed by atoms with Crippen molar-refractivity contribution in [3.05, 3.63) is 48.1 Å². The number of likely N-dealkylation sites (N-methyl/N-ethyl adjacent to an activating group) is 1. The quantitative estimate of drug-likeness (QED) is 0.482. The summed E-state index contributed by atoms with van der Waals surface area (Å²) in [6.07, 6.45) is 7.55. The molecule has 0 saturated carbocycles. The van der Waals surface area contributed by atoms with Crippen molar-refractivity contribution in [2.75, 3.05) is 13.6 Å². The van der Waals surface area contributed by atoms with Gasteiger partial charge in [0.05, 0.1) is 5.41 Å². The molecule has 2 bridgehead atoms. The third kappa shape index (κ3) is 1.77. The van der Waals surface area contributed by atoms with E-state index in [0.717, 1.165) is 24.9 Å². The predicted molar refractivity (Wildman–Crippen MR) is 100 cm³/mol. The molecule has 5 atom stereocenters. The van der Waals surface area contributed by atoms with Gasteiger partial charge in [-0.15, -0.1) is 19.0 Å². The summed E-state index contributed by atoms with van der Waals surface area (Å²) in [7, 11) is 2.18. The molecule has 1 aromatic carbocycles. The van der Waals surface area contributed by atoms with Crippen LogP contribution in [0, 0.1) is 5.92 Å². The van der Waals surface area contributed by atoms with Gasteiger partial charge in [-0.25, -0.2) is 5.26 Å². The summed E-state index contributed by atoms with van der Waals surface area (Å²) in [5.41, 5.74) is 1.25. The predicted octanol–water partition coefficient (Wildman–Crippen LogP) is 2.71. The number of halogens is 1. The van der Waals surface area contributed by atoms with Crippen LogP contribution < -0.4 is 9.62 Å². The lowest BCUT2D eigenvalue weighted by Gasteiger charge is -2.60. The van der Waals surface area contributed by atoms with Crippen molar-refractivity contribution >= 4 is 12.4 Å². The zero-order valence-electron chi connectivity index (χ0n) is 14.7. The van der Waals surface area contributed by atoms with Gasteiger partial charge in [0.15, 0.2) is 11.4 Å². The molecule has 140 valence electrons. The van der Waals surface area contributed by atoms with Gasteiger partial charge in [-0.2, -0.15) is 0 Å². The van der Waals surface area contributed by atoms with Crippen LogP contribution in [0.15, 0.2) is 36.9 Å². The second-order valence-corrected chi connectivity index (χ2v) is 7.83. The largest absolute Gasteiger partial charge is 0.479 e. The summed E-state index contributed by atoms with van der Waals surface area (Å²) in [5, 5.41) is 20.4. The van der Waals surface area contributed by atoms with E-state index in [9.17, 15) is 10.4 Å². The van der Waals surface area contributed by atoms with Crippen molar-refractivity contribution in [1.29, 1.82) is 0 Å². The van der Waals surface area contributed by atoms with Crippen molar-refractivity contribution in [3.63, 3.8) is 0 Å². The van der Waals surface area contributed by atoms with Crippen molar-refractivity contribution in [1.82, 2.24) is 4.90 Å². The first-order chi connectivity index (χ1) is 12.1. The summed E-state index contributed by atoms with van der Waals surface area (Å²) in [6, 6.07) is 4.18. The fraction of sp³-hybridized carbons (Fsp3) is 0.500. The lowest BCUT2D eigenvalue weighted by molar-refractivity contribution is -0.144. The minimum atomic E-state index is -0.792. The van der Waals surface area contributed by atoms with Crippen molar-refractivity contribution in [2.45, 2.75) is 42.4 Å². The van der Waals surface area contributed by atoms with E-state index >= 15 is 0 Å². The molecular weight excluding hydrogens is 354 g/mol. The Balaban J connectivity index is 0.00000168. The van der Waals surface area contributed by atoms with Crippen molar-refractivity contribution < 1.29 is 20.0 Å². The number of aliphatic hydroxyl groups excluding tert-OH is 1. The second kappa shape index (κ2) is 5.73. The van der Waals surface area contributed by atoms with E-state index < -0.39 is 11.7 Å². The van der Waals surface area contributed by atoms with E-state index in [0.29, 0.717) is 24.0 Å². The molecule has 5 rings (SSSR count). The SMILES string of the molecule is C=CC[C@@]12Oc3c(OO)ccc4c3[C@@]13CCN(C)[C@H](C4)[C@@H]3C=C[C@@H]2O.Cl. The molecule has 5 nitrogen and oxygen atoms in total. The molecule has 2 aliphatic heterocycles. The van der Waals surface area contributed by atoms with E-state index in [1.165, 1.54) is 5.56 Å². The van der Waals surface area contributed by atoms with Crippen LogP contribution in [0.1, 0.15) is 24.0 Å². The minimum absolute atomic E-state index is 0. The number of hydrogen-bond donors (Lipinski definition) is 2. The number of piperidine rings is 1. The van der Waals surface area contributed by atoms with Gasteiger partial charge in [0.25, 0.3) is 0 Å². The average molecular weight is 378 g/mol. The van der Waals surface area contributed by atoms with Crippen molar-refractivity contribution in [3.8, 4) is 11.5 Å². The van der Waals surface area contributed by atoms with Crippen LogP contribution in [0.4, 0.5) is 0 Å². The first-order valence-corrected chi connectivity index (χ1v) is 8.93. The Hall–Kier alpha value is -1.53. The third-order valence-corrected chi connectivity index (χ3v) is 7.06. The number of aliphatic hydroxyl groups is 1. The monoisotopic (exact) mass is 377 g/mol. The van der Waals surface area contributed by atoms with Gasteiger partial charge in [-0.1, -0.05) is 24.3 Å². The molecule has 1 saturated heterocycles. The van der Waals surface area contributed by atoms with Gasteiger partial charge >= 0.3 is 0 Å². The maximum absolute atomic E-state index is 11.0. The van der Waals surface area contributed by atoms with E-state index in [2.05, 4.69) is 29.5 Å². The Morgan fingerprint density at radius 3 is 2.96 bits per heavy atom. The molecule has 0 aromatic heterocycles. The van der Waals surface area contributed by atoms with Crippen LogP contribution in [-0.4, -0.2) is 46.6 Å². The first kappa shape index (κ1) is 17.9. The number of nitrogens with zero attached hydrogens (tertiary/aromatic N) is 1. The maximum Gasteiger partial charge on any atom is 0.207 e. The molecule has 0 radical (unpaired) electrons. The van der Waals surface area contributed by atoms with Gasteiger partial charge in [0.1, 0.15) is 6.10 Å². The Morgan fingerprint density at radius 1 is 1.42 bits per heavy atom. The topological polar surface area (TPSA) is 62.2 Å². The molecule has 1 spiro atoms. The second-order valence-electron chi connectivity index (χ2n) is 7.83. The van der Waals surface area contributed by atoms with Gasteiger partial charge in [-0.05, 0) is 38.1 Å². The Labute approximate surface area is 159 Å². The molecular formula is C20H24ClNO4. The summed E-state index contributed by atoms with van der Waals surface area (Å²) >= 11 is 0. The third-order valence-electron chi connectivity index (χ3n) is 7.06. The molecule has 2 aliphatic carbocycles. The number of benzene rings is 1. The average Bonchev–Trinajstić information content (AvgIpc) is 2.91. The van der Waals surface area contributed by atoms with Gasteiger partial charge in [0.2, 0.25) is 5.75 Å². The molecule has 0 amide bonds. The Morgan fingerprint density at radius 2 is 2.23 bits per heavy atom. The van der Waals surface area contributed by atoms with Crippen molar-refractivity contribution in [2.24, 2.45) is 5.92 Å². The molecule has 26 heavy (non-hydrogen) atoms. The first-order valence-electron chi connectivity index (χ1n) is 8.93. The highest BCUT2D eigenvalue weighted by Gasteiger charge is 2.71. The fourth-order valence-corrected chi connectivity index (χ4v) is 6.06. The van der Waals surface area contributed by atoms with Gasteiger partial charge in [0, 0.05) is 23.9 Å². The number of likely N-dealkylation sites (tertiary alicyclic amines) is 1. The molecule has 6 heteroatoms. The summed E-state index contributed by atoms with van der Waals surface area (Å²) < 4.78 is 6.50. The van der Waals surface area contributed by atoms with Crippen LogP contribution in [-0.2, 0) is 11.8 Å². The van der Waals surface area contributed by atoms with Crippen LogP contribution in [0.3, 0.4) is 0 Å². The summed E-state index contributed by atoms with van der Waals surface area (Å²) in [4.78, 5) is 7.05. The molecule has 4 aliphatic rings. The summed E-state index contributed by atoms with van der Waals surface area (Å²) in [5.74, 6) is 1.18. The number of rotatable bonds is 3. The Bertz CT molecular complexity index is 796. The minimum Gasteiger partial charge on any atom is -0.479 e. The highest BCUT2D eigenvalue weighted by molar-refractivity contribution is 5.85. The van der Waals surface area contributed by atoms with E-state index in [1.807, 2.05) is 18.2 Å². The van der Waals surface area contributed by atoms with Crippen LogP contribution in [0.5, 0.6) is 11.5 Å². The molecule has 0 unspecified atom stereocenters. The summed E-state index contributed by atoms with van der Waals surface area (Å²) in [6.45, 7) is 4.88. The molecule has 2 heterocycles. The van der Waals surface area contributed by atoms with E-state index in [4.69, 9.17) is 4.74 Å². The number of hydrogen-bond acceptors (Lipinski definition) is 5. The van der Waals surface area contributed by atoms with E-state index in [1.54, 1.807) is 6.07 Å². The van der Waals surface area contributed by atoms with Crippen LogP contribution in [0.25, 0.3) is 0 Å². The van der Waals surface area contributed by atoms with Gasteiger partial charge < -0.3 is 19.6 Å². The lowest BCUT2D eigenvalue weighted by Crippen LogP contribution is -2.71. The lowest BCUT2D eigenvalue weighted by atomic mass is 9.48. The maximum atomic E-state index is 11.0. The highest BCUT2D eigenvalue weighted by Crippen LogP contribution is 2.67. The highest BCUT2D eigenvalue weighted by atomic mass is 35.5. The smallest absolute Gasteiger partial charge is 0.207 e. The zero-order valence-corrected chi connectivity index (χ0v) is 15.5. The molecule has 1 fully saturated rings.